The van der Waals surface area contributed by atoms with Crippen LogP contribution in [0.5, 0.6) is 0 Å². The molecule has 2 aromatic rings. The predicted octanol–water partition coefficient (Wildman–Crippen LogP) is 2.44. The number of carbonyl (C=O) groups excluding carboxylic acids is 2. The Morgan fingerprint density at radius 3 is 2.63 bits per heavy atom. The first kappa shape index (κ1) is 19.5. The molecule has 0 spiro atoms. The minimum atomic E-state index is -0.480. The number of ether oxygens (including phenoxy) is 2. The van der Waals surface area contributed by atoms with Crippen LogP contribution in [0.15, 0.2) is 41.8 Å². The average molecular weight is 388 g/mol. The van der Waals surface area contributed by atoms with Crippen molar-refractivity contribution in [3.63, 3.8) is 0 Å². The van der Waals surface area contributed by atoms with E-state index in [1.807, 2.05) is 35.7 Å². The van der Waals surface area contributed by atoms with Gasteiger partial charge in [0.1, 0.15) is 0 Å². The van der Waals surface area contributed by atoms with Gasteiger partial charge in [0.15, 0.2) is 0 Å². The molecule has 27 heavy (non-hydrogen) atoms. The topological polar surface area (TPSA) is 67.9 Å². The van der Waals surface area contributed by atoms with Crippen molar-refractivity contribution in [3.05, 3.63) is 57.8 Å². The minimum absolute atomic E-state index is 0.0676. The van der Waals surface area contributed by atoms with Crippen LogP contribution in [-0.4, -0.2) is 57.2 Å². The van der Waals surface area contributed by atoms with Gasteiger partial charge in [-0.2, -0.15) is 0 Å². The maximum absolute atomic E-state index is 13.2. The summed E-state index contributed by atoms with van der Waals surface area (Å²) in [5.41, 5.74) is 1.35. The number of hydrogen-bond donors (Lipinski definition) is 1. The highest BCUT2D eigenvalue weighted by Crippen LogP contribution is 2.44. The third-order valence-electron chi connectivity index (χ3n) is 4.70. The Morgan fingerprint density at radius 2 is 1.93 bits per heavy atom. The summed E-state index contributed by atoms with van der Waals surface area (Å²) in [5.74, 6) is -0.652. The molecule has 1 aromatic heterocycles. The maximum Gasteiger partial charge on any atom is 0.254 e. The van der Waals surface area contributed by atoms with Gasteiger partial charge < -0.3 is 19.7 Å². The number of hydrogen-bond acceptors (Lipinski definition) is 5. The first-order chi connectivity index (χ1) is 13.2. The van der Waals surface area contributed by atoms with E-state index in [4.69, 9.17) is 9.47 Å². The molecule has 0 aliphatic carbocycles. The van der Waals surface area contributed by atoms with Crippen molar-refractivity contribution >= 4 is 23.2 Å². The molecule has 3 rings (SSSR count). The van der Waals surface area contributed by atoms with Gasteiger partial charge in [0.05, 0.1) is 25.2 Å². The Morgan fingerprint density at radius 1 is 1.15 bits per heavy atom. The summed E-state index contributed by atoms with van der Waals surface area (Å²) in [6.45, 7) is 1.70. The molecule has 2 atom stereocenters. The van der Waals surface area contributed by atoms with Crippen LogP contribution in [0.25, 0.3) is 0 Å². The summed E-state index contributed by atoms with van der Waals surface area (Å²) in [6.07, 6.45) is 0. The second kappa shape index (κ2) is 9.12. The number of methoxy groups -OCH3 is 2. The van der Waals surface area contributed by atoms with Crippen molar-refractivity contribution < 1.29 is 19.1 Å². The molecule has 1 aliphatic rings. The monoisotopic (exact) mass is 388 g/mol. The van der Waals surface area contributed by atoms with Gasteiger partial charge in [-0.05, 0) is 23.1 Å². The smallest absolute Gasteiger partial charge is 0.254 e. The first-order valence-corrected chi connectivity index (χ1v) is 9.76. The lowest BCUT2D eigenvalue weighted by atomic mass is 9.81. The van der Waals surface area contributed by atoms with Gasteiger partial charge >= 0.3 is 0 Å². The molecule has 1 aromatic carbocycles. The number of amides is 2. The normalized spacial score (nSPS) is 19.0. The van der Waals surface area contributed by atoms with Gasteiger partial charge in [0.25, 0.3) is 5.91 Å². The largest absolute Gasteiger partial charge is 0.383 e. The van der Waals surface area contributed by atoms with E-state index < -0.39 is 5.92 Å². The Hall–Kier alpha value is -2.22. The van der Waals surface area contributed by atoms with Crippen LogP contribution in [0, 0.1) is 0 Å². The quantitative estimate of drug-likeness (QED) is 0.706. The Bertz CT molecular complexity index is 778. The molecule has 2 amide bonds. The third kappa shape index (κ3) is 4.05. The minimum Gasteiger partial charge on any atom is -0.383 e. The zero-order valence-electron chi connectivity index (χ0n) is 15.5. The summed E-state index contributed by atoms with van der Waals surface area (Å²) >= 11 is 1.55. The Kier molecular flexibility index (Phi) is 6.60. The molecule has 7 heteroatoms. The third-order valence-corrected chi connectivity index (χ3v) is 5.64. The maximum atomic E-state index is 13.2. The van der Waals surface area contributed by atoms with Crippen molar-refractivity contribution in [2.24, 2.45) is 0 Å². The zero-order chi connectivity index (χ0) is 19.2. The van der Waals surface area contributed by atoms with E-state index in [0.29, 0.717) is 31.9 Å². The van der Waals surface area contributed by atoms with Gasteiger partial charge in [-0.15, -0.1) is 11.3 Å². The summed E-state index contributed by atoms with van der Waals surface area (Å²) < 4.78 is 10.3. The number of rotatable bonds is 8. The SMILES string of the molecule is COCCNC(=O)[C@H]1c2ccccc2C(=O)N(CCOC)[C@@H]1c1cccs1. The van der Waals surface area contributed by atoms with Gasteiger partial charge in [-0.3, -0.25) is 9.59 Å². The second-order valence-corrected chi connectivity index (χ2v) is 7.28. The molecule has 0 saturated carbocycles. The highest BCUT2D eigenvalue weighted by atomic mass is 32.1. The first-order valence-electron chi connectivity index (χ1n) is 8.88. The molecule has 0 unspecified atom stereocenters. The van der Waals surface area contributed by atoms with Crippen molar-refractivity contribution in [3.8, 4) is 0 Å². The molecule has 2 heterocycles. The van der Waals surface area contributed by atoms with Gasteiger partial charge in [0, 0.05) is 37.7 Å². The summed E-state index contributed by atoms with van der Waals surface area (Å²) in [5, 5.41) is 4.92. The molecule has 1 N–H and O–H groups in total. The Balaban J connectivity index is 2.05. The molecule has 1 aliphatic heterocycles. The van der Waals surface area contributed by atoms with E-state index in [0.717, 1.165) is 10.4 Å². The molecule has 0 saturated heterocycles. The van der Waals surface area contributed by atoms with Gasteiger partial charge in [-0.1, -0.05) is 24.3 Å². The number of benzene rings is 1. The van der Waals surface area contributed by atoms with Crippen molar-refractivity contribution in [1.29, 1.82) is 0 Å². The van der Waals surface area contributed by atoms with Crippen LogP contribution in [0.1, 0.15) is 32.8 Å². The number of nitrogens with one attached hydrogen (secondary N) is 1. The van der Waals surface area contributed by atoms with E-state index >= 15 is 0 Å². The van der Waals surface area contributed by atoms with E-state index in [-0.39, 0.29) is 17.9 Å². The second-order valence-electron chi connectivity index (χ2n) is 6.30. The molecule has 0 radical (unpaired) electrons. The number of carbonyl (C=O) groups is 2. The fourth-order valence-electron chi connectivity index (χ4n) is 3.47. The molecule has 6 nitrogen and oxygen atoms in total. The molecule has 0 fully saturated rings. The molecular weight excluding hydrogens is 364 g/mol. The standard InChI is InChI=1S/C20H24N2O4S/c1-25-11-9-21-19(23)17-14-6-3-4-7-15(14)20(24)22(10-12-26-2)18(17)16-8-5-13-27-16/h3-8,13,17-18H,9-12H2,1-2H3,(H,21,23)/t17-,18+/m0/s1. The van der Waals surface area contributed by atoms with Crippen LogP contribution in [0.2, 0.25) is 0 Å². The van der Waals surface area contributed by atoms with Crippen molar-refractivity contribution in [2.75, 3.05) is 40.5 Å². The lowest BCUT2D eigenvalue weighted by Gasteiger charge is -2.41. The highest BCUT2D eigenvalue weighted by molar-refractivity contribution is 7.10. The lowest BCUT2D eigenvalue weighted by molar-refractivity contribution is -0.124. The fraction of sp³-hybridized carbons (Fsp3) is 0.400. The lowest BCUT2D eigenvalue weighted by Crippen LogP contribution is -2.48. The van der Waals surface area contributed by atoms with Gasteiger partial charge in [-0.25, -0.2) is 0 Å². The van der Waals surface area contributed by atoms with E-state index in [2.05, 4.69) is 5.32 Å². The Labute approximate surface area is 163 Å². The fourth-order valence-corrected chi connectivity index (χ4v) is 4.35. The van der Waals surface area contributed by atoms with Crippen molar-refractivity contribution in [1.82, 2.24) is 10.2 Å². The number of fused-ring (bicyclic) bond motifs is 1. The number of thiophene rings is 1. The van der Waals surface area contributed by atoms with E-state index in [1.54, 1.807) is 36.5 Å². The molecule has 144 valence electrons. The van der Waals surface area contributed by atoms with Gasteiger partial charge in [0.2, 0.25) is 5.91 Å². The molecular formula is C20H24N2O4S. The van der Waals surface area contributed by atoms with Crippen molar-refractivity contribution in [2.45, 2.75) is 12.0 Å². The van der Waals surface area contributed by atoms with E-state index in [9.17, 15) is 9.59 Å². The predicted molar refractivity (Wildman–Crippen MR) is 104 cm³/mol. The van der Waals surface area contributed by atoms with Crippen LogP contribution in [0.4, 0.5) is 0 Å². The molecule has 0 bridgehead atoms. The average Bonchev–Trinajstić information content (AvgIpc) is 3.21. The summed E-state index contributed by atoms with van der Waals surface area (Å²) in [7, 11) is 3.21. The van der Waals surface area contributed by atoms with Crippen LogP contribution < -0.4 is 5.32 Å². The summed E-state index contributed by atoms with van der Waals surface area (Å²) in [4.78, 5) is 29.1. The number of nitrogens with zero attached hydrogens (tertiary/aromatic N) is 1. The van der Waals surface area contributed by atoms with E-state index in [1.165, 1.54) is 0 Å². The zero-order valence-corrected chi connectivity index (χ0v) is 16.3. The van der Waals surface area contributed by atoms with Crippen LogP contribution in [0.3, 0.4) is 0 Å². The van der Waals surface area contributed by atoms with Crippen LogP contribution >= 0.6 is 11.3 Å². The van der Waals surface area contributed by atoms with Crippen LogP contribution in [-0.2, 0) is 14.3 Å². The summed E-state index contributed by atoms with van der Waals surface area (Å²) in [6, 6.07) is 10.9. The highest BCUT2D eigenvalue weighted by Gasteiger charge is 2.44.